The van der Waals surface area contributed by atoms with Crippen molar-refractivity contribution in [3.05, 3.63) is 70.3 Å². The summed E-state index contributed by atoms with van der Waals surface area (Å²) in [6, 6.07) is 14.3. The molecule has 0 amide bonds. The van der Waals surface area contributed by atoms with Crippen LogP contribution in [0.3, 0.4) is 0 Å². The number of rotatable bonds is 2. The second-order valence-corrected chi connectivity index (χ2v) is 6.09. The Morgan fingerprint density at radius 1 is 1.05 bits per heavy atom. The Labute approximate surface area is 132 Å². The van der Waals surface area contributed by atoms with Gasteiger partial charge in [-0.05, 0) is 54.7 Å². The van der Waals surface area contributed by atoms with E-state index in [0.717, 1.165) is 29.5 Å². The van der Waals surface area contributed by atoms with Gasteiger partial charge in [-0.25, -0.2) is 0 Å². The number of carbonyl (C=O) groups excluding carboxylic acids is 1. The molecule has 0 aliphatic heterocycles. The molecule has 0 aromatic heterocycles. The van der Waals surface area contributed by atoms with Crippen LogP contribution < -0.4 is 4.90 Å². The highest BCUT2D eigenvalue weighted by molar-refractivity contribution is 6.13. The molecule has 0 heterocycles. The quantitative estimate of drug-likeness (QED) is 0.770. The van der Waals surface area contributed by atoms with Crippen LogP contribution in [-0.4, -0.2) is 19.9 Å². The van der Waals surface area contributed by atoms with Crippen molar-refractivity contribution < 1.29 is 4.79 Å². The van der Waals surface area contributed by atoms with E-state index < -0.39 is 0 Å². The van der Waals surface area contributed by atoms with E-state index >= 15 is 0 Å². The molecule has 0 unspecified atom stereocenters. The lowest BCUT2D eigenvalue weighted by atomic mass is 9.86. The molecule has 0 radical (unpaired) electrons. The molecule has 2 heteroatoms. The van der Waals surface area contributed by atoms with E-state index in [4.69, 9.17) is 0 Å². The summed E-state index contributed by atoms with van der Waals surface area (Å²) in [5, 5.41) is 0. The Kier molecular flexibility index (Phi) is 3.84. The highest BCUT2D eigenvalue weighted by atomic mass is 16.1. The molecule has 2 aromatic carbocycles. The maximum Gasteiger partial charge on any atom is 0.189 e. The maximum absolute atomic E-state index is 12.6. The van der Waals surface area contributed by atoms with Gasteiger partial charge in [-0.1, -0.05) is 30.3 Å². The van der Waals surface area contributed by atoms with E-state index in [1.54, 1.807) is 0 Å². The Balaban J connectivity index is 1.95. The molecule has 3 rings (SSSR count). The molecule has 0 spiro atoms. The zero-order chi connectivity index (χ0) is 15.7. The lowest BCUT2D eigenvalue weighted by molar-refractivity contribution is 0.102. The monoisotopic (exact) mass is 291 g/mol. The molecule has 22 heavy (non-hydrogen) atoms. The van der Waals surface area contributed by atoms with Gasteiger partial charge in [0.05, 0.1) is 0 Å². The number of hydrogen-bond acceptors (Lipinski definition) is 2. The summed E-state index contributed by atoms with van der Waals surface area (Å²) in [5.41, 5.74) is 6.46. The smallest absolute Gasteiger partial charge is 0.189 e. The van der Waals surface area contributed by atoms with E-state index in [1.807, 2.05) is 32.3 Å². The molecule has 2 nitrogen and oxygen atoms in total. The number of fused-ring (bicyclic) bond motifs is 1. The second-order valence-electron chi connectivity index (χ2n) is 6.09. The summed E-state index contributed by atoms with van der Waals surface area (Å²) in [7, 11) is 4.07. The molecule has 0 N–H and O–H groups in total. The fourth-order valence-corrected chi connectivity index (χ4v) is 2.94. The fourth-order valence-electron chi connectivity index (χ4n) is 2.94. The Bertz CT molecular complexity index is 756. The number of carbonyl (C=O) groups is 1. The van der Waals surface area contributed by atoms with E-state index in [0.29, 0.717) is 0 Å². The van der Waals surface area contributed by atoms with Gasteiger partial charge >= 0.3 is 0 Å². The second kappa shape index (κ2) is 5.80. The van der Waals surface area contributed by atoms with Gasteiger partial charge in [0.1, 0.15) is 0 Å². The van der Waals surface area contributed by atoms with Crippen LogP contribution in [0.15, 0.2) is 48.0 Å². The molecule has 0 bridgehead atoms. The average Bonchev–Trinajstić information content (AvgIpc) is 2.52. The number of Topliss-reactive ketones (excluding diaryl/α,β-unsaturated/α-hetero) is 1. The van der Waals surface area contributed by atoms with Crippen molar-refractivity contribution in [1.82, 2.24) is 0 Å². The van der Waals surface area contributed by atoms with E-state index in [9.17, 15) is 4.79 Å². The van der Waals surface area contributed by atoms with Crippen LogP contribution in [-0.2, 0) is 6.42 Å². The summed E-state index contributed by atoms with van der Waals surface area (Å²) >= 11 is 0. The Hall–Kier alpha value is -2.35. The van der Waals surface area contributed by atoms with Gasteiger partial charge < -0.3 is 4.90 Å². The number of ketones is 1. The highest BCUT2D eigenvalue weighted by Gasteiger charge is 2.21. The number of hydrogen-bond donors (Lipinski definition) is 0. The third kappa shape index (κ3) is 2.69. The van der Waals surface area contributed by atoms with Crippen molar-refractivity contribution in [2.24, 2.45) is 0 Å². The topological polar surface area (TPSA) is 20.3 Å². The Morgan fingerprint density at radius 3 is 2.55 bits per heavy atom. The van der Waals surface area contributed by atoms with E-state index in [1.165, 1.54) is 16.8 Å². The summed E-state index contributed by atoms with van der Waals surface area (Å²) in [4.78, 5) is 14.7. The molecule has 1 aliphatic carbocycles. The van der Waals surface area contributed by atoms with Crippen molar-refractivity contribution >= 4 is 17.5 Å². The van der Waals surface area contributed by atoms with Crippen molar-refractivity contribution in [3.8, 4) is 0 Å². The van der Waals surface area contributed by atoms with Crippen LogP contribution in [0.25, 0.3) is 6.08 Å². The van der Waals surface area contributed by atoms with E-state index in [2.05, 4.69) is 42.2 Å². The summed E-state index contributed by atoms with van der Waals surface area (Å²) < 4.78 is 0. The van der Waals surface area contributed by atoms with Gasteiger partial charge in [-0.2, -0.15) is 0 Å². The minimum Gasteiger partial charge on any atom is -0.378 e. The van der Waals surface area contributed by atoms with Crippen molar-refractivity contribution in [2.45, 2.75) is 19.8 Å². The zero-order valence-corrected chi connectivity index (χ0v) is 13.4. The van der Waals surface area contributed by atoms with Gasteiger partial charge in [0.25, 0.3) is 0 Å². The third-order valence-electron chi connectivity index (χ3n) is 4.32. The third-order valence-corrected chi connectivity index (χ3v) is 4.32. The highest BCUT2D eigenvalue weighted by Crippen LogP contribution is 2.28. The molecule has 0 saturated heterocycles. The molecule has 0 saturated carbocycles. The van der Waals surface area contributed by atoms with Gasteiger partial charge in [-0.3, -0.25) is 4.79 Å². The minimum absolute atomic E-state index is 0.179. The van der Waals surface area contributed by atoms with Crippen LogP contribution >= 0.6 is 0 Å². The normalized spacial score (nSPS) is 15.8. The van der Waals surface area contributed by atoms with Gasteiger partial charge in [0.2, 0.25) is 0 Å². The van der Waals surface area contributed by atoms with E-state index in [-0.39, 0.29) is 5.78 Å². The SMILES string of the molecule is Cc1cc(N(C)C)ccc1C=C1CCc2ccccc2C1=O. The molecule has 112 valence electrons. The van der Waals surface area contributed by atoms with Crippen LogP contribution in [0.4, 0.5) is 5.69 Å². The fraction of sp³-hybridized carbons (Fsp3) is 0.250. The predicted octanol–water partition coefficient (Wildman–Crippen LogP) is 4.27. The van der Waals surface area contributed by atoms with Crippen molar-refractivity contribution in [2.75, 3.05) is 19.0 Å². The van der Waals surface area contributed by atoms with Gasteiger partial charge in [-0.15, -0.1) is 0 Å². The molecule has 2 aromatic rings. The largest absolute Gasteiger partial charge is 0.378 e. The van der Waals surface area contributed by atoms with Crippen LogP contribution in [0.5, 0.6) is 0 Å². The van der Waals surface area contributed by atoms with Gasteiger partial charge in [0, 0.05) is 30.9 Å². The molecule has 1 aliphatic rings. The molecule has 0 fully saturated rings. The van der Waals surface area contributed by atoms with Crippen molar-refractivity contribution in [3.63, 3.8) is 0 Å². The molecular formula is C20H21NO. The van der Waals surface area contributed by atoms with Crippen LogP contribution in [0.1, 0.15) is 33.5 Å². The first kappa shape index (κ1) is 14.6. The van der Waals surface area contributed by atoms with Gasteiger partial charge in [0.15, 0.2) is 5.78 Å². The maximum atomic E-state index is 12.6. The van der Waals surface area contributed by atoms with Crippen LogP contribution in [0, 0.1) is 6.92 Å². The average molecular weight is 291 g/mol. The number of allylic oxidation sites excluding steroid dienone is 1. The number of aryl methyl sites for hydroxylation is 2. The first-order chi connectivity index (χ1) is 10.6. The lowest BCUT2D eigenvalue weighted by Gasteiger charge is -2.18. The number of benzene rings is 2. The summed E-state index contributed by atoms with van der Waals surface area (Å²) in [5.74, 6) is 0.179. The molecular weight excluding hydrogens is 270 g/mol. The molecule has 0 atom stereocenters. The standard InChI is InChI=1S/C20H21NO/c1-14-12-18(21(2)3)11-10-16(14)13-17-9-8-15-6-4-5-7-19(15)20(17)22/h4-7,10-13H,8-9H2,1-3H3. The number of anilines is 1. The Morgan fingerprint density at radius 2 is 1.82 bits per heavy atom. The predicted molar refractivity (Wildman–Crippen MR) is 92.6 cm³/mol. The minimum atomic E-state index is 0.179. The summed E-state index contributed by atoms with van der Waals surface area (Å²) in [6.45, 7) is 2.10. The first-order valence-electron chi connectivity index (χ1n) is 7.67. The lowest BCUT2D eigenvalue weighted by Crippen LogP contribution is -2.14. The van der Waals surface area contributed by atoms with Crippen molar-refractivity contribution in [1.29, 1.82) is 0 Å². The first-order valence-corrected chi connectivity index (χ1v) is 7.67. The van der Waals surface area contributed by atoms with Crippen LogP contribution in [0.2, 0.25) is 0 Å². The number of nitrogens with zero attached hydrogens (tertiary/aromatic N) is 1. The summed E-state index contributed by atoms with van der Waals surface area (Å²) in [6.07, 6.45) is 3.83. The zero-order valence-electron chi connectivity index (χ0n) is 13.4.